The third kappa shape index (κ3) is 3.85. The number of methoxy groups -OCH3 is 1. The molecule has 0 aliphatic carbocycles. The van der Waals surface area contributed by atoms with Gasteiger partial charge >= 0.3 is 0 Å². The maximum atomic E-state index is 11.8. The van der Waals surface area contributed by atoms with E-state index in [1.807, 2.05) is 26.8 Å². The summed E-state index contributed by atoms with van der Waals surface area (Å²) < 4.78 is 10.5. The lowest BCUT2D eigenvalue weighted by atomic mass is 10.1. The number of nitrogens with one attached hydrogen (secondary N) is 1. The molecule has 0 spiro atoms. The minimum atomic E-state index is -0.232. The van der Waals surface area contributed by atoms with Crippen molar-refractivity contribution in [1.82, 2.24) is 5.32 Å². The fourth-order valence-electron chi connectivity index (χ4n) is 1.93. The summed E-state index contributed by atoms with van der Waals surface area (Å²) in [6.45, 7) is 6.05. The molecule has 1 amide bonds. The Kier molecular flexibility index (Phi) is 5.37. The molecule has 0 aromatic carbocycles. The molecule has 0 fully saturated rings. The maximum Gasteiger partial charge on any atom is 0.223 e. The van der Waals surface area contributed by atoms with Gasteiger partial charge in [-0.15, -0.1) is 0 Å². The van der Waals surface area contributed by atoms with Gasteiger partial charge in [0.2, 0.25) is 5.91 Å². The number of hydrogen-bond acceptors (Lipinski definition) is 4. The van der Waals surface area contributed by atoms with E-state index in [1.165, 1.54) is 0 Å². The van der Waals surface area contributed by atoms with Crippen molar-refractivity contribution >= 4 is 5.91 Å². The second-order valence-electron chi connectivity index (χ2n) is 4.46. The Morgan fingerprint density at radius 2 is 2.22 bits per heavy atom. The highest BCUT2D eigenvalue weighted by molar-refractivity contribution is 5.77. The van der Waals surface area contributed by atoms with E-state index in [2.05, 4.69) is 5.32 Å². The smallest absolute Gasteiger partial charge is 0.223 e. The SMILES string of the molecule is COC(CN)CC(=O)NC(C)c1cc(C)oc1C. The van der Waals surface area contributed by atoms with Crippen LogP contribution in [-0.2, 0) is 9.53 Å². The summed E-state index contributed by atoms with van der Waals surface area (Å²) in [5.74, 6) is 1.61. The molecular weight excluding hydrogens is 232 g/mol. The molecule has 0 aliphatic rings. The van der Waals surface area contributed by atoms with Crippen molar-refractivity contribution in [3.63, 3.8) is 0 Å². The molecule has 1 aromatic heterocycles. The molecule has 3 N–H and O–H groups in total. The summed E-state index contributed by atoms with van der Waals surface area (Å²) >= 11 is 0. The van der Waals surface area contributed by atoms with Crippen LogP contribution in [-0.4, -0.2) is 25.7 Å². The van der Waals surface area contributed by atoms with Gasteiger partial charge in [-0.25, -0.2) is 0 Å². The Labute approximate surface area is 108 Å². The predicted molar refractivity (Wildman–Crippen MR) is 69.2 cm³/mol. The molecule has 102 valence electrons. The Bertz CT molecular complexity index is 397. The number of amides is 1. The third-order valence-electron chi connectivity index (χ3n) is 2.93. The monoisotopic (exact) mass is 254 g/mol. The highest BCUT2D eigenvalue weighted by Crippen LogP contribution is 2.21. The van der Waals surface area contributed by atoms with Crippen molar-refractivity contribution in [3.05, 3.63) is 23.2 Å². The van der Waals surface area contributed by atoms with Crippen molar-refractivity contribution in [3.8, 4) is 0 Å². The highest BCUT2D eigenvalue weighted by Gasteiger charge is 2.17. The average Bonchev–Trinajstić information content (AvgIpc) is 2.65. The van der Waals surface area contributed by atoms with Gasteiger partial charge < -0.3 is 20.2 Å². The van der Waals surface area contributed by atoms with E-state index in [-0.39, 0.29) is 24.5 Å². The van der Waals surface area contributed by atoms with Gasteiger partial charge in [0.1, 0.15) is 11.5 Å². The molecule has 5 heteroatoms. The standard InChI is InChI=1S/C13H22N2O3/c1-8-5-12(10(3)18-8)9(2)15-13(16)6-11(7-14)17-4/h5,9,11H,6-7,14H2,1-4H3,(H,15,16). The lowest BCUT2D eigenvalue weighted by Crippen LogP contribution is -2.33. The Hall–Kier alpha value is -1.33. The highest BCUT2D eigenvalue weighted by atomic mass is 16.5. The molecule has 18 heavy (non-hydrogen) atoms. The van der Waals surface area contributed by atoms with Crippen molar-refractivity contribution < 1.29 is 13.9 Å². The minimum Gasteiger partial charge on any atom is -0.466 e. The van der Waals surface area contributed by atoms with Crippen LogP contribution >= 0.6 is 0 Å². The van der Waals surface area contributed by atoms with Crippen molar-refractivity contribution in [2.75, 3.05) is 13.7 Å². The van der Waals surface area contributed by atoms with Gasteiger partial charge in [-0.1, -0.05) is 0 Å². The summed E-state index contributed by atoms with van der Waals surface area (Å²) in [6.07, 6.45) is 0.0390. The predicted octanol–water partition coefficient (Wildman–Crippen LogP) is 1.44. The average molecular weight is 254 g/mol. The van der Waals surface area contributed by atoms with Gasteiger partial charge in [0.25, 0.3) is 0 Å². The zero-order valence-corrected chi connectivity index (χ0v) is 11.4. The summed E-state index contributed by atoms with van der Waals surface area (Å²) in [5.41, 5.74) is 6.48. The quantitative estimate of drug-likeness (QED) is 0.805. The zero-order chi connectivity index (χ0) is 13.7. The van der Waals surface area contributed by atoms with Crippen LogP contribution in [0, 0.1) is 13.8 Å². The number of carbonyl (C=O) groups is 1. The van der Waals surface area contributed by atoms with Gasteiger partial charge in [0.05, 0.1) is 18.6 Å². The number of furan rings is 1. The fourth-order valence-corrected chi connectivity index (χ4v) is 1.93. The lowest BCUT2D eigenvalue weighted by molar-refractivity contribution is -0.124. The molecule has 2 atom stereocenters. The van der Waals surface area contributed by atoms with Crippen LogP contribution in [0.1, 0.15) is 36.5 Å². The number of nitrogens with two attached hydrogens (primary N) is 1. The molecule has 1 heterocycles. The molecule has 0 bridgehead atoms. The topological polar surface area (TPSA) is 77.5 Å². The van der Waals surface area contributed by atoms with Crippen LogP contribution in [0.5, 0.6) is 0 Å². The maximum absolute atomic E-state index is 11.8. The van der Waals surface area contributed by atoms with E-state index in [9.17, 15) is 4.79 Å². The number of aryl methyl sites for hydroxylation is 2. The Morgan fingerprint density at radius 3 is 2.67 bits per heavy atom. The molecular formula is C13H22N2O3. The number of hydrogen-bond donors (Lipinski definition) is 2. The van der Waals surface area contributed by atoms with Gasteiger partial charge in [0, 0.05) is 19.2 Å². The second kappa shape index (κ2) is 6.56. The molecule has 0 saturated carbocycles. The lowest BCUT2D eigenvalue weighted by Gasteiger charge is -2.16. The molecule has 1 rings (SSSR count). The Balaban J connectivity index is 2.57. The molecule has 0 saturated heterocycles. The molecule has 1 aromatic rings. The summed E-state index contributed by atoms with van der Waals surface area (Å²) in [7, 11) is 1.55. The normalized spacial score (nSPS) is 14.3. The number of carbonyl (C=O) groups excluding carboxylic acids is 1. The first kappa shape index (κ1) is 14.7. The summed E-state index contributed by atoms with van der Waals surface area (Å²) in [6, 6.07) is 1.86. The van der Waals surface area contributed by atoms with E-state index >= 15 is 0 Å². The van der Waals surface area contributed by atoms with E-state index in [4.69, 9.17) is 14.9 Å². The zero-order valence-electron chi connectivity index (χ0n) is 11.4. The van der Waals surface area contributed by atoms with E-state index in [1.54, 1.807) is 7.11 Å². The van der Waals surface area contributed by atoms with E-state index in [0.717, 1.165) is 17.1 Å². The second-order valence-corrected chi connectivity index (χ2v) is 4.46. The van der Waals surface area contributed by atoms with Gasteiger partial charge in [0.15, 0.2) is 0 Å². The first-order valence-corrected chi connectivity index (χ1v) is 6.07. The van der Waals surface area contributed by atoms with Gasteiger partial charge in [-0.3, -0.25) is 4.79 Å². The summed E-state index contributed by atoms with van der Waals surface area (Å²) in [4.78, 5) is 11.8. The van der Waals surface area contributed by atoms with Gasteiger partial charge in [-0.05, 0) is 26.8 Å². The molecule has 0 aliphatic heterocycles. The van der Waals surface area contributed by atoms with E-state index in [0.29, 0.717) is 6.54 Å². The van der Waals surface area contributed by atoms with Crippen LogP contribution in [0.2, 0.25) is 0 Å². The number of rotatable bonds is 6. The van der Waals surface area contributed by atoms with Crippen molar-refractivity contribution in [2.24, 2.45) is 5.73 Å². The summed E-state index contributed by atoms with van der Waals surface area (Å²) in [5, 5.41) is 2.91. The van der Waals surface area contributed by atoms with Crippen LogP contribution in [0.3, 0.4) is 0 Å². The number of ether oxygens (including phenoxy) is 1. The minimum absolute atomic E-state index is 0.0712. The largest absolute Gasteiger partial charge is 0.466 e. The first-order valence-electron chi connectivity index (χ1n) is 6.07. The van der Waals surface area contributed by atoms with E-state index < -0.39 is 0 Å². The third-order valence-corrected chi connectivity index (χ3v) is 2.93. The van der Waals surface area contributed by atoms with Crippen molar-refractivity contribution in [1.29, 1.82) is 0 Å². The first-order chi connectivity index (χ1) is 8.47. The van der Waals surface area contributed by atoms with Crippen LogP contribution in [0.4, 0.5) is 0 Å². The van der Waals surface area contributed by atoms with Crippen LogP contribution in [0.25, 0.3) is 0 Å². The van der Waals surface area contributed by atoms with Crippen LogP contribution < -0.4 is 11.1 Å². The molecule has 0 radical (unpaired) electrons. The molecule has 2 unspecified atom stereocenters. The van der Waals surface area contributed by atoms with Crippen LogP contribution in [0.15, 0.2) is 10.5 Å². The Morgan fingerprint density at radius 1 is 1.56 bits per heavy atom. The van der Waals surface area contributed by atoms with Crippen molar-refractivity contribution in [2.45, 2.75) is 39.3 Å². The van der Waals surface area contributed by atoms with Gasteiger partial charge in [-0.2, -0.15) is 0 Å². The fraction of sp³-hybridized carbons (Fsp3) is 0.615. The molecule has 5 nitrogen and oxygen atoms in total.